The summed E-state index contributed by atoms with van der Waals surface area (Å²) in [6, 6.07) is 7.24. The zero-order chi connectivity index (χ0) is 22.9. The summed E-state index contributed by atoms with van der Waals surface area (Å²) in [5.41, 5.74) is 1.74. The fraction of sp³-hybridized carbons (Fsp3) is 0.680. The van der Waals surface area contributed by atoms with Crippen LogP contribution in [0.3, 0.4) is 0 Å². The van der Waals surface area contributed by atoms with Gasteiger partial charge in [-0.2, -0.15) is 0 Å². The van der Waals surface area contributed by atoms with Crippen molar-refractivity contribution < 1.29 is 9.59 Å². The molecular formula is C25H41N5O2. The molecule has 0 bridgehead atoms. The van der Waals surface area contributed by atoms with Gasteiger partial charge in [0.2, 0.25) is 5.91 Å². The number of amides is 2. The molecule has 0 aliphatic carbocycles. The Hall–Kier alpha value is -2.12. The van der Waals surface area contributed by atoms with Crippen LogP contribution in [0.4, 0.5) is 5.69 Å². The molecule has 0 spiro atoms. The third-order valence-electron chi connectivity index (χ3n) is 6.48. The van der Waals surface area contributed by atoms with Gasteiger partial charge in [-0.05, 0) is 82.5 Å². The van der Waals surface area contributed by atoms with Crippen LogP contribution < -0.4 is 15.5 Å². The summed E-state index contributed by atoms with van der Waals surface area (Å²) in [5, 5.41) is 6.00. The number of anilines is 1. The number of hydrogen-bond donors (Lipinski definition) is 2. The van der Waals surface area contributed by atoms with Crippen LogP contribution in [0.25, 0.3) is 0 Å². The lowest BCUT2D eigenvalue weighted by atomic mass is 10.0. The quantitative estimate of drug-likeness (QED) is 0.543. The second-order valence-corrected chi connectivity index (χ2v) is 9.69. The highest BCUT2D eigenvalue weighted by molar-refractivity contribution is 5.97. The maximum Gasteiger partial charge on any atom is 0.251 e. The predicted molar refractivity (Wildman–Crippen MR) is 130 cm³/mol. The van der Waals surface area contributed by atoms with Crippen LogP contribution in [-0.4, -0.2) is 87.1 Å². The van der Waals surface area contributed by atoms with Crippen molar-refractivity contribution in [2.45, 2.75) is 45.6 Å². The van der Waals surface area contributed by atoms with Gasteiger partial charge in [0.15, 0.2) is 0 Å². The third kappa shape index (κ3) is 7.48. The molecule has 7 nitrogen and oxygen atoms in total. The van der Waals surface area contributed by atoms with E-state index >= 15 is 0 Å². The Bertz CT molecular complexity index is 722. The average Bonchev–Trinajstić information content (AvgIpc) is 3.30. The van der Waals surface area contributed by atoms with E-state index in [9.17, 15) is 9.59 Å². The van der Waals surface area contributed by atoms with Crippen molar-refractivity contribution in [3.05, 3.63) is 29.8 Å². The molecule has 1 atom stereocenters. The first-order valence-corrected chi connectivity index (χ1v) is 12.3. The predicted octanol–water partition coefficient (Wildman–Crippen LogP) is 2.19. The first kappa shape index (κ1) is 24.5. The molecule has 3 rings (SSSR count). The summed E-state index contributed by atoms with van der Waals surface area (Å²) >= 11 is 0. The van der Waals surface area contributed by atoms with Gasteiger partial charge in [0.05, 0.1) is 0 Å². The van der Waals surface area contributed by atoms with Crippen molar-refractivity contribution in [2.24, 2.45) is 5.92 Å². The van der Waals surface area contributed by atoms with Crippen LogP contribution in [0.5, 0.6) is 0 Å². The van der Waals surface area contributed by atoms with Gasteiger partial charge in [0.25, 0.3) is 5.91 Å². The molecule has 1 aromatic rings. The highest BCUT2D eigenvalue weighted by atomic mass is 16.2. The van der Waals surface area contributed by atoms with E-state index in [0.29, 0.717) is 24.4 Å². The number of likely N-dealkylation sites (tertiary alicyclic amines) is 1. The van der Waals surface area contributed by atoms with E-state index in [1.165, 1.54) is 25.9 Å². The summed E-state index contributed by atoms with van der Waals surface area (Å²) < 4.78 is 0. The van der Waals surface area contributed by atoms with Crippen LogP contribution in [0, 0.1) is 5.92 Å². The number of hydrogen-bond acceptors (Lipinski definition) is 5. The number of likely N-dealkylation sites (N-methyl/N-ethyl adjacent to an activating group) is 1. The summed E-state index contributed by atoms with van der Waals surface area (Å²) in [7, 11) is 2.14. The van der Waals surface area contributed by atoms with Crippen LogP contribution in [0.1, 0.15) is 49.9 Å². The van der Waals surface area contributed by atoms with Crippen molar-refractivity contribution in [2.75, 3.05) is 64.3 Å². The molecule has 0 radical (unpaired) electrons. The Morgan fingerprint density at radius 3 is 2.25 bits per heavy atom. The zero-order valence-corrected chi connectivity index (χ0v) is 20.1. The summed E-state index contributed by atoms with van der Waals surface area (Å²) in [6.07, 6.45) is 4.14. The number of nitrogens with zero attached hydrogens (tertiary/aromatic N) is 3. The fourth-order valence-corrected chi connectivity index (χ4v) is 4.48. The van der Waals surface area contributed by atoms with E-state index in [-0.39, 0.29) is 11.8 Å². The maximum absolute atomic E-state index is 12.9. The van der Waals surface area contributed by atoms with Crippen molar-refractivity contribution in [3.63, 3.8) is 0 Å². The van der Waals surface area contributed by atoms with E-state index in [2.05, 4.69) is 46.2 Å². The van der Waals surface area contributed by atoms with E-state index in [0.717, 1.165) is 44.8 Å². The Morgan fingerprint density at radius 1 is 0.969 bits per heavy atom. The van der Waals surface area contributed by atoms with Crippen LogP contribution in [-0.2, 0) is 4.79 Å². The monoisotopic (exact) mass is 443 g/mol. The maximum atomic E-state index is 12.9. The second kappa shape index (κ2) is 12.2. The lowest BCUT2D eigenvalue weighted by molar-refractivity contribution is -0.123. The minimum Gasteiger partial charge on any atom is -0.369 e. The van der Waals surface area contributed by atoms with Crippen molar-refractivity contribution in [3.8, 4) is 0 Å². The number of piperazine rings is 1. The molecule has 1 aromatic carbocycles. The number of carbonyl (C=O) groups excluding carboxylic acids is 2. The van der Waals surface area contributed by atoms with Crippen molar-refractivity contribution in [1.82, 2.24) is 20.4 Å². The van der Waals surface area contributed by atoms with E-state index in [1.807, 2.05) is 24.3 Å². The topological polar surface area (TPSA) is 67.9 Å². The molecular weight excluding hydrogens is 402 g/mol. The Labute approximate surface area is 193 Å². The minimum atomic E-state index is -0.508. The van der Waals surface area contributed by atoms with Gasteiger partial charge in [-0.25, -0.2) is 0 Å². The highest BCUT2D eigenvalue weighted by Crippen LogP contribution is 2.17. The number of benzene rings is 1. The molecule has 2 saturated heterocycles. The molecule has 0 saturated carbocycles. The SMILES string of the molecule is CC(C)C[C@H](NC(=O)c1ccc(N2CCN(C)CC2)cc1)C(=O)NCCCN1CCCC1. The Morgan fingerprint density at radius 2 is 1.62 bits per heavy atom. The molecule has 0 aromatic heterocycles. The first-order valence-electron chi connectivity index (χ1n) is 12.3. The third-order valence-corrected chi connectivity index (χ3v) is 6.48. The largest absolute Gasteiger partial charge is 0.369 e. The number of carbonyl (C=O) groups is 2. The first-order chi connectivity index (χ1) is 15.4. The molecule has 32 heavy (non-hydrogen) atoms. The van der Waals surface area contributed by atoms with Gasteiger partial charge in [-0.15, -0.1) is 0 Å². The van der Waals surface area contributed by atoms with Gasteiger partial charge in [-0.3, -0.25) is 9.59 Å². The molecule has 2 heterocycles. The number of rotatable bonds is 10. The second-order valence-electron chi connectivity index (χ2n) is 9.69. The van der Waals surface area contributed by atoms with E-state index in [1.54, 1.807) is 0 Å². The molecule has 2 aliphatic rings. The van der Waals surface area contributed by atoms with Crippen LogP contribution in [0.15, 0.2) is 24.3 Å². The van der Waals surface area contributed by atoms with Crippen molar-refractivity contribution >= 4 is 17.5 Å². The smallest absolute Gasteiger partial charge is 0.251 e. The van der Waals surface area contributed by atoms with E-state index < -0.39 is 6.04 Å². The Balaban J connectivity index is 1.49. The van der Waals surface area contributed by atoms with E-state index in [4.69, 9.17) is 0 Å². The Kier molecular flexibility index (Phi) is 9.36. The molecule has 2 aliphatic heterocycles. The fourth-order valence-electron chi connectivity index (χ4n) is 4.48. The molecule has 2 fully saturated rings. The van der Waals surface area contributed by atoms with Crippen LogP contribution >= 0.6 is 0 Å². The standard InChI is InChI=1S/C25H41N5O2/c1-20(2)19-23(25(32)26-11-6-14-29-12-4-5-13-29)27-24(31)21-7-9-22(10-8-21)30-17-15-28(3)16-18-30/h7-10,20,23H,4-6,11-19H2,1-3H3,(H,26,32)(H,27,31)/t23-/m0/s1. The molecule has 0 unspecified atom stereocenters. The van der Waals surface area contributed by atoms with Crippen LogP contribution in [0.2, 0.25) is 0 Å². The molecule has 2 N–H and O–H groups in total. The molecule has 2 amide bonds. The van der Waals surface area contributed by atoms with Gasteiger partial charge < -0.3 is 25.3 Å². The highest BCUT2D eigenvalue weighted by Gasteiger charge is 2.23. The van der Waals surface area contributed by atoms with Gasteiger partial charge in [0, 0.05) is 44.0 Å². The summed E-state index contributed by atoms with van der Waals surface area (Å²) in [6.45, 7) is 12.3. The lowest BCUT2D eigenvalue weighted by Gasteiger charge is -2.34. The lowest BCUT2D eigenvalue weighted by Crippen LogP contribution is -2.47. The average molecular weight is 444 g/mol. The normalized spacial score (nSPS) is 18.7. The summed E-state index contributed by atoms with van der Waals surface area (Å²) in [4.78, 5) is 32.8. The molecule has 178 valence electrons. The van der Waals surface area contributed by atoms with Gasteiger partial charge in [0.1, 0.15) is 6.04 Å². The van der Waals surface area contributed by atoms with Gasteiger partial charge >= 0.3 is 0 Å². The van der Waals surface area contributed by atoms with Gasteiger partial charge in [-0.1, -0.05) is 13.8 Å². The minimum absolute atomic E-state index is 0.0810. The molecule has 7 heteroatoms. The van der Waals surface area contributed by atoms with Crippen molar-refractivity contribution in [1.29, 1.82) is 0 Å². The number of nitrogens with one attached hydrogen (secondary N) is 2. The zero-order valence-electron chi connectivity index (χ0n) is 20.1. The summed E-state index contributed by atoms with van der Waals surface area (Å²) in [5.74, 6) is 0.0468.